The Morgan fingerprint density at radius 2 is 2.10 bits per heavy atom. The zero-order valence-electron chi connectivity index (χ0n) is 12.1. The molecule has 0 fully saturated rings. The zero-order valence-corrected chi connectivity index (χ0v) is 12.1. The highest BCUT2D eigenvalue weighted by Gasteiger charge is 2.22. The van der Waals surface area contributed by atoms with Crippen LogP contribution in [0, 0.1) is 0 Å². The monoisotopic (exact) mass is 273 g/mol. The van der Waals surface area contributed by atoms with Crippen LogP contribution >= 0.6 is 0 Å². The highest BCUT2D eigenvalue weighted by molar-refractivity contribution is 5.88. The summed E-state index contributed by atoms with van der Waals surface area (Å²) >= 11 is 0. The normalized spacial score (nSPS) is 14.6. The first-order chi connectivity index (χ1) is 9.61. The van der Waals surface area contributed by atoms with Gasteiger partial charge in [0, 0.05) is 11.3 Å². The Morgan fingerprint density at radius 3 is 2.80 bits per heavy atom. The maximum Gasteiger partial charge on any atom is 0.356 e. The molecule has 0 saturated heterocycles. The topological polar surface area (TPSA) is 56.5 Å². The number of carbonyl (C=O) groups is 1. The molecule has 1 aliphatic carbocycles. The summed E-state index contributed by atoms with van der Waals surface area (Å²) in [6.45, 7) is 4.19. The van der Waals surface area contributed by atoms with Gasteiger partial charge in [-0.25, -0.2) is 14.3 Å². The minimum absolute atomic E-state index is 0.269. The van der Waals surface area contributed by atoms with Crippen molar-refractivity contribution in [3.63, 3.8) is 0 Å². The Kier molecular flexibility index (Phi) is 3.20. The second kappa shape index (κ2) is 4.89. The number of methoxy groups -OCH3 is 1. The Hall–Kier alpha value is -1.91. The summed E-state index contributed by atoms with van der Waals surface area (Å²) in [5.74, 6) is -0.120. The van der Waals surface area contributed by atoms with E-state index in [1.54, 1.807) is 6.07 Å². The highest BCUT2D eigenvalue weighted by Crippen LogP contribution is 2.27. The fraction of sp³-hybridized carbons (Fsp3) is 0.533. The lowest BCUT2D eigenvalue weighted by Crippen LogP contribution is -2.10. The van der Waals surface area contributed by atoms with Crippen molar-refractivity contribution >= 4 is 11.6 Å². The molecule has 0 radical (unpaired) electrons. The molecule has 0 saturated carbocycles. The van der Waals surface area contributed by atoms with Crippen LogP contribution in [-0.2, 0) is 17.6 Å². The maximum absolute atomic E-state index is 11.8. The number of carbonyl (C=O) groups excluding carboxylic acids is 1. The van der Waals surface area contributed by atoms with Crippen LogP contribution in [0.2, 0.25) is 0 Å². The summed E-state index contributed by atoms with van der Waals surface area (Å²) in [6, 6.07) is 1.79. The molecule has 3 rings (SSSR count). The first-order valence-electron chi connectivity index (χ1n) is 7.11. The average Bonchev–Trinajstić information content (AvgIpc) is 2.83. The largest absolute Gasteiger partial charge is 0.464 e. The Bertz CT molecular complexity index is 673. The van der Waals surface area contributed by atoms with Gasteiger partial charge in [-0.05, 0) is 37.7 Å². The Labute approximate surface area is 118 Å². The SMILES string of the molecule is COC(=O)c1cc(C(C)C)n2nc3c(c2n1)CCCC3. The summed E-state index contributed by atoms with van der Waals surface area (Å²) < 4.78 is 6.72. The molecule has 0 spiro atoms. The van der Waals surface area contributed by atoms with Crippen LogP contribution in [-0.4, -0.2) is 27.7 Å². The van der Waals surface area contributed by atoms with Gasteiger partial charge in [0.05, 0.1) is 12.8 Å². The molecule has 2 heterocycles. The van der Waals surface area contributed by atoms with Crippen molar-refractivity contribution in [1.82, 2.24) is 14.6 Å². The van der Waals surface area contributed by atoms with E-state index in [0.717, 1.165) is 36.3 Å². The number of rotatable bonds is 2. The van der Waals surface area contributed by atoms with Crippen LogP contribution < -0.4 is 0 Å². The predicted molar refractivity (Wildman–Crippen MR) is 75.1 cm³/mol. The van der Waals surface area contributed by atoms with Gasteiger partial charge in [-0.3, -0.25) is 0 Å². The molecule has 0 aliphatic heterocycles. The third-order valence-electron chi connectivity index (χ3n) is 3.87. The van der Waals surface area contributed by atoms with Crippen LogP contribution in [0.25, 0.3) is 5.65 Å². The number of aromatic nitrogens is 3. The molecule has 0 N–H and O–H groups in total. The van der Waals surface area contributed by atoms with Crippen molar-refractivity contribution in [2.24, 2.45) is 0 Å². The van der Waals surface area contributed by atoms with E-state index in [2.05, 4.69) is 18.8 Å². The zero-order chi connectivity index (χ0) is 14.3. The molecule has 1 aliphatic rings. The number of hydrogen-bond acceptors (Lipinski definition) is 4. The molecule has 2 aromatic heterocycles. The molecule has 0 aromatic carbocycles. The molecular formula is C15H19N3O2. The minimum atomic E-state index is -0.389. The van der Waals surface area contributed by atoms with E-state index in [-0.39, 0.29) is 11.9 Å². The summed E-state index contributed by atoms with van der Waals surface area (Å²) in [4.78, 5) is 16.3. The van der Waals surface area contributed by atoms with Gasteiger partial charge >= 0.3 is 5.97 Å². The lowest BCUT2D eigenvalue weighted by molar-refractivity contribution is 0.0594. The van der Waals surface area contributed by atoms with Crippen molar-refractivity contribution in [2.45, 2.75) is 45.4 Å². The van der Waals surface area contributed by atoms with Crippen molar-refractivity contribution in [3.05, 3.63) is 28.7 Å². The summed E-state index contributed by atoms with van der Waals surface area (Å²) in [6.07, 6.45) is 4.34. The quantitative estimate of drug-likeness (QED) is 0.789. The van der Waals surface area contributed by atoms with Crippen LogP contribution in [0.15, 0.2) is 6.07 Å². The standard InChI is InChI=1S/C15H19N3O2/c1-9(2)13-8-12(15(19)20-3)16-14-10-6-4-5-7-11(10)17-18(13)14/h8-9H,4-7H2,1-3H3. The summed E-state index contributed by atoms with van der Waals surface area (Å²) in [5.41, 5.74) is 4.53. The molecule has 0 amide bonds. The van der Waals surface area contributed by atoms with Gasteiger partial charge in [-0.2, -0.15) is 5.10 Å². The van der Waals surface area contributed by atoms with E-state index < -0.39 is 0 Å². The van der Waals surface area contributed by atoms with Crippen LogP contribution in [0.4, 0.5) is 0 Å². The Morgan fingerprint density at radius 1 is 1.35 bits per heavy atom. The fourth-order valence-electron chi connectivity index (χ4n) is 2.80. The van der Waals surface area contributed by atoms with Crippen molar-refractivity contribution < 1.29 is 9.53 Å². The van der Waals surface area contributed by atoms with Gasteiger partial charge in [0.2, 0.25) is 0 Å². The summed E-state index contributed by atoms with van der Waals surface area (Å²) in [5, 5.41) is 4.70. The number of fused-ring (bicyclic) bond motifs is 3. The number of hydrogen-bond donors (Lipinski definition) is 0. The molecule has 0 unspecified atom stereocenters. The Balaban J connectivity index is 2.28. The first-order valence-corrected chi connectivity index (χ1v) is 7.11. The van der Waals surface area contributed by atoms with Crippen molar-refractivity contribution in [1.29, 1.82) is 0 Å². The van der Waals surface area contributed by atoms with Crippen LogP contribution in [0.5, 0.6) is 0 Å². The van der Waals surface area contributed by atoms with Gasteiger partial charge in [-0.1, -0.05) is 13.8 Å². The summed E-state index contributed by atoms with van der Waals surface area (Å²) in [7, 11) is 1.38. The number of nitrogens with zero attached hydrogens (tertiary/aromatic N) is 3. The maximum atomic E-state index is 11.8. The third-order valence-corrected chi connectivity index (χ3v) is 3.87. The molecule has 0 bridgehead atoms. The second-order valence-electron chi connectivity index (χ2n) is 5.58. The van der Waals surface area contributed by atoms with Crippen LogP contribution in [0.3, 0.4) is 0 Å². The van der Waals surface area contributed by atoms with Crippen molar-refractivity contribution in [3.8, 4) is 0 Å². The minimum Gasteiger partial charge on any atom is -0.464 e. The smallest absolute Gasteiger partial charge is 0.356 e. The predicted octanol–water partition coefficient (Wildman–Crippen LogP) is 2.52. The average molecular weight is 273 g/mol. The van der Waals surface area contributed by atoms with Gasteiger partial charge in [-0.15, -0.1) is 0 Å². The first kappa shape index (κ1) is 13.1. The van der Waals surface area contributed by atoms with Gasteiger partial charge in [0.1, 0.15) is 0 Å². The van der Waals surface area contributed by atoms with Crippen LogP contribution in [0.1, 0.15) is 60.0 Å². The van der Waals surface area contributed by atoms with Gasteiger partial charge < -0.3 is 4.74 Å². The number of esters is 1. The van der Waals surface area contributed by atoms with E-state index >= 15 is 0 Å². The van der Waals surface area contributed by atoms with E-state index in [0.29, 0.717) is 5.69 Å². The molecule has 5 nitrogen and oxygen atoms in total. The van der Waals surface area contributed by atoms with E-state index in [1.807, 2.05) is 4.52 Å². The molecule has 0 atom stereocenters. The van der Waals surface area contributed by atoms with E-state index in [1.165, 1.54) is 19.1 Å². The molecule has 20 heavy (non-hydrogen) atoms. The van der Waals surface area contributed by atoms with Gasteiger partial charge in [0.25, 0.3) is 0 Å². The second-order valence-corrected chi connectivity index (χ2v) is 5.58. The number of ether oxygens (including phenoxy) is 1. The number of aryl methyl sites for hydroxylation is 2. The molecular weight excluding hydrogens is 254 g/mol. The molecule has 106 valence electrons. The fourth-order valence-corrected chi connectivity index (χ4v) is 2.80. The van der Waals surface area contributed by atoms with E-state index in [9.17, 15) is 4.79 Å². The van der Waals surface area contributed by atoms with Crippen molar-refractivity contribution in [2.75, 3.05) is 7.11 Å². The van der Waals surface area contributed by atoms with E-state index in [4.69, 9.17) is 9.84 Å². The van der Waals surface area contributed by atoms with Gasteiger partial charge in [0.15, 0.2) is 11.3 Å². The lowest BCUT2D eigenvalue weighted by atomic mass is 9.98. The lowest BCUT2D eigenvalue weighted by Gasteiger charge is -2.10. The highest BCUT2D eigenvalue weighted by atomic mass is 16.5. The molecule has 2 aromatic rings. The third kappa shape index (κ3) is 1.97. The molecule has 5 heteroatoms.